The van der Waals surface area contributed by atoms with Crippen LogP contribution in [0, 0.1) is 0 Å². The lowest BCUT2D eigenvalue weighted by molar-refractivity contribution is -0.278. The summed E-state index contributed by atoms with van der Waals surface area (Å²) < 4.78 is 21.1. The summed E-state index contributed by atoms with van der Waals surface area (Å²) in [5.74, 6) is -1.43. The summed E-state index contributed by atoms with van der Waals surface area (Å²) in [7, 11) is 0. The van der Waals surface area contributed by atoms with Crippen molar-refractivity contribution in [3.8, 4) is 11.5 Å². The first kappa shape index (κ1) is 20.3. The average molecular weight is 398 g/mol. The van der Waals surface area contributed by atoms with Crippen molar-refractivity contribution in [1.82, 2.24) is 0 Å². The summed E-state index contributed by atoms with van der Waals surface area (Å²) in [5, 5.41) is 40.3. The fourth-order valence-corrected chi connectivity index (χ4v) is 3.20. The van der Waals surface area contributed by atoms with E-state index in [9.17, 15) is 30.0 Å². The van der Waals surface area contributed by atoms with Crippen LogP contribution in [0.5, 0.6) is 11.5 Å². The highest BCUT2D eigenvalue weighted by Gasteiger charge is 2.46. The molecule has 0 radical (unpaired) electrons. The Morgan fingerprint density at radius 2 is 1.93 bits per heavy atom. The Morgan fingerprint density at radius 1 is 1.21 bits per heavy atom. The first-order valence-corrected chi connectivity index (χ1v) is 8.74. The van der Waals surface area contributed by atoms with Crippen LogP contribution < -0.4 is 4.74 Å². The Hall–Kier alpha value is -2.40. The van der Waals surface area contributed by atoms with Crippen LogP contribution in [-0.2, 0) is 25.4 Å². The molecule has 154 valence electrons. The predicted molar refractivity (Wildman–Crippen MR) is 90.6 cm³/mol. The van der Waals surface area contributed by atoms with E-state index >= 15 is 0 Å². The Labute approximate surface area is 160 Å². The number of esters is 2. The zero-order valence-corrected chi connectivity index (χ0v) is 15.3. The van der Waals surface area contributed by atoms with Crippen molar-refractivity contribution < 1.29 is 49.0 Å². The van der Waals surface area contributed by atoms with E-state index < -0.39 is 48.7 Å². The summed E-state index contributed by atoms with van der Waals surface area (Å²) in [6, 6.07) is 2.64. The molecule has 10 heteroatoms. The van der Waals surface area contributed by atoms with E-state index in [1.54, 1.807) is 6.92 Å². The van der Waals surface area contributed by atoms with Gasteiger partial charge in [-0.05, 0) is 19.1 Å². The molecular formula is C18H22O10. The maximum atomic E-state index is 12.1. The lowest BCUT2D eigenvalue weighted by atomic mass is 9.96. The standard InChI is InChI=1S/C18H22O10/c1-7-5-9-11(4-3-10(20)13(9)17(24)26-7)27-18-16(23)15(22)14(21)12(28-18)6-25-8(2)19/h3-4,7,12,14-16,18,20-23H,5-6H2,1-2H3/t7-,12-,14-,15+,16-,18+/m1/s1. The van der Waals surface area contributed by atoms with Crippen LogP contribution in [-0.4, -0.2) is 75.8 Å². The molecule has 2 heterocycles. The Balaban J connectivity index is 1.85. The summed E-state index contributed by atoms with van der Waals surface area (Å²) >= 11 is 0. The summed E-state index contributed by atoms with van der Waals surface area (Å²) in [5.41, 5.74) is 0.328. The van der Waals surface area contributed by atoms with Gasteiger partial charge in [0.25, 0.3) is 0 Å². The van der Waals surface area contributed by atoms with Crippen molar-refractivity contribution in [1.29, 1.82) is 0 Å². The van der Waals surface area contributed by atoms with E-state index in [-0.39, 0.29) is 30.1 Å². The summed E-state index contributed by atoms with van der Waals surface area (Å²) in [6.45, 7) is 2.50. The van der Waals surface area contributed by atoms with Crippen molar-refractivity contribution in [3.63, 3.8) is 0 Å². The molecular weight excluding hydrogens is 376 g/mol. The van der Waals surface area contributed by atoms with Gasteiger partial charge in [-0.3, -0.25) is 4.79 Å². The maximum absolute atomic E-state index is 12.1. The Bertz CT molecular complexity index is 763. The number of rotatable bonds is 4. The smallest absolute Gasteiger partial charge is 0.342 e. The maximum Gasteiger partial charge on any atom is 0.342 e. The van der Waals surface area contributed by atoms with Crippen LogP contribution in [0.25, 0.3) is 0 Å². The molecule has 1 saturated heterocycles. The normalized spacial score (nSPS) is 32.2. The Morgan fingerprint density at radius 3 is 2.61 bits per heavy atom. The number of benzene rings is 1. The van der Waals surface area contributed by atoms with Gasteiger partial charge >= 0.3 is 11.9 Å². The van der Waals surface area contributed by atoms with Gasteiger partial charge < -0.3 is 39.4 Å². The zero-order chi connectivity index (χ0) is 20.6. The molecule has 0 amide bonds. The van der Waals surface area contributed by atoms with Crippen LogP contribution in [0.2, 0.25) is 0 Å². The van der Waals surface area contributed by atoms with E-state index in [1.807, 2.05) is 0 Å². The minimum Gasteiger partial charge on any atom is -0.507 e. The molecule has 1 aromatic rings. The lowest BCUT2D eigenvalue weighted by Crippen LogP contribution is -2.60. The van der Waals surface area contributed by atoms with Crippen LogP contribution >= 0.6 is 0 Å². The number of aromatic hydroxyl groups is 1. The van der Waals surface area contributed by atoms with Gasteiger partial charge in [0.2, 0.25) is 6.29 Å². The summed E-state index contributed by atoms with van der Waals surface area (Å²) in [6.07, 6.45) is -7.47. The fraction of sp³-hybridized carbons (Fsp3) is 0.556. The van der Waals surface area contributed by atoms with Gasteiger partial charge in [0.15, 0.2) is 0 Å². The van der Waals surface area contributed by atoms with Crippen molar-refractivity contribution in [2.45, 2.75) is 57.1 Å². The molecule has 1 fully saturated rings. The average Bonchev–Trinajstić information content (AvgIpc) is 2.62. The third-order valence-electron chi connectivity index (χ3n) is 4.61. The number of aliphatic hydroxyl groups excluding tert-OH is 3. The molecule has 3 rings (SSSR count). The number of aliphatic hydroxyl groups is 3. The van der Waals surface area contributed by atoms with E-state index in [1.165, 1.54) is 19.1 Å². The molecule has 1 aromatic carbocycles. The highest BCUT2D eigenvalue weighted by atomic mass is 16.7. The molecule has 4 N–H and O–H groups in total. The molecule has 10 nitrogen and oxygen atoms in total. The SMILES string of the molecule is CC(=O)OC[C@H]1O[C@H](Oc2ccc(O)c3c2C[C@@H](C)OC3=O)[C@H](O)[C@@H](O)[C@@H]1O. The number of phenols is 1. The van der Waals surface area contributed by atoms with Gasteiger partial charge in [0.05, 0.1) is 0 Å². The third-order valence-corrected chi connectivity index (χ3v) is 4.61. The lowest BCUT2D eigenvalue weighted by Gasteiger charge is -2.40. The number of hydrogen-bond donors (Lipinski definition) is 4. The zero-order valence-electron chi connectivity index (χ0n) is 15.3. The van der Waals surface area contributed by atoms with E-state index in [2.05, 4.69) is 0 Å². The number of phenolic OH excluding ortho intramolecular Hbond substituents is 1. The first-order chi connectivity index (χ1) is 13.2. The van der Waals surface area contributed by atoms with Crippen LogP contribution in [0.15, 0.2) is 12.1 Å². The molecule has 0 unspecified atom stereocenters. The quantitative estimate of drug-likeness (QED) is 0.476. The minimum atomic E-state index is -1.61. The monoisotopic (exact) mass is 398 g/mol. The topological polar surface area (TPSA) is 152 Å². The van der Waals surface area contributed by atoms with Gasteiger partial charge in [-0.25, -0.2) is 4.79 Å². The largest absolute Gasteiger partial charge is 0.507 e. The number of hydrogen-bond acceptors (Lipinski definition) is 10. The van der Waals surface area contributed by atoms with Gasteiger partial charge in [-0.15, -0.1) is 0 Å². The first-order valence-electron chi connectivity index (χ1n) is 8.74. The van der Waals surface area contributed by atoms with Crippen molar-refractivity contribution in [3.05, 3.63) is 23.3 Å². The molecule has 28 heavy (non-hydrogen) atoms. The van der Waals surface area contributed by atoms with Crippen LogP contribution in [0.3, 0.4) is 0 Å². The fourth-order valence-electron chi connectivity index (χ4n) is 3.20. The van der Waals surface area contributed by atoms with Gasteiger partial charge in [0, 0.05) is 18.9 Å². The number of carbonyl (C=O) groups excluding carboxylic acids is 2. The molecule has 0 saturated carbocycles. The number of ether oxygens (including phenoxy) is 4. The van der Waals surface area contributed by atoms with E-state index in [0.29, 0.717) is 5.56 Å². The van der Waals surface area contributed by atoms with E-state index in [4.69, 9.17) is 18.9 Å². The minimum absolute atomic E-state index is 0.0436. The third kappa shape index (κ3) is 3.90. The Kier molecular flexibility index (Phi) is 5.75. The molecule has 0 bridgehead atoms. The van der Waals surface area contributed by atoms with E-state index in [0.717, 1.165) is 0 Å². The second-order valence-corrected chi connectivity index (χ2v) is 6.79. The van der Waals surface area contributed by atoms with Crippen LogP contribution in [0.1, 0.15) is 29.8 Å². The molecule has 0 spiro atoms. The molecule has 0 aromatic heterocycles. The second kappa shape index (κ2) is 7.92. The summed E-state index contributed by atoms with van der Waals surface area (Å²) in [4.78, 5) is 23.1. The molecule has 2 aliphatic heterocycles. The van der Waals surface area contributed by atoms with Crippen molar-refractivity contribution >= 4 is 11.9 Å². The van der Waals surface area contributed by atoms with Crippen molar-refractivity contribution in [2.24, 2.45) is 0 Å². The highest BCUT2D eigenvalue weighted by molar-refractivity contribution is 5.96. The van der Waals surface area contributed by atoms with Gasteiger partial charge in [-0.1, -0.05) is 0 Å². The van der Waals surface area contributed by atoms with Crippen molar-refractivity contribution in [2.75, 3.05) is 6.61 Å². The van der Waals surface area contributed by atoms with Gasteiger partial charge in [-0.2, -0.15) is 0 Å². The number of fused-ring (bicyclic) bond motifs is 1. The van der Waals surface area contributed by atoms with Crippen LogP contribution in [0.4, 0.5) is 0 Å². The number of carbonyl (C=O) groups is 2. The predicted octanol–water partition coefficient (Wildman–Crippen LogP) is -0.757. The van der Waals surface area contributed by atoms with Gasteiger partial charge in [0.1, 0.15) is 54.2 Å². The number of cyclic esters (lactones) is 1. The molecule has 6 atom stereocenters. The highest BCUT2D eigenvalue weighted by Crippen LogP contribution is 2.36. The second-order valence-electron chi connectivity index (χ2n) is 6.79. The molecule has 2 aliphatic rings. The molecule has 0 aliphatic carbocycles.